The summed E-state index contributed by atoms with van der Waals surface area (Å²) < 4.78 is 0. The van der Waals surface area contributed by atoms with Gasteiger partial charge in [0.25, 0.3) is 0 Å². The first kappa shape index (κ1) is 16.2. The first-order chi connectivity index (χ1) is 10.1. The molecule has 1 aliphatic rings. The highest BCUT2D eigenvalue weighted by molar-refractivity contribution is 6.34. The van der Waals surface area contributed by atoms with Crippen LogP contribution in [0.5, 0.6) is 0 Å². The molecule has 0 aromatic heterocycles. The Kier molecular flexibility index (Phi) is 5.92. The van der Waals surface area contributed by atoms with Crippen molar-refractivity contribution in [2.45, 2.75) is 51.9 Å². The van der Waals surface area contributed by atoms with Gasteiger partial charge >= 0.3 is 0 Å². The molecule has 0 bridgehead atoms. The summed E-state index contributed by atoms with van der Waals surface area (Å²) >= 11 is 6.10. The van der Waals surface area contributed by atoms with Gasteiger partial charge in [-0.15, -0.1) is 0 Å². The molecule has 1 amide bonds. The summed E-state index contributed by atoms with van der Waals surface area (Å²) in [5.41, 5.74) is 6.92. The molecule has 0 unspecified atom stereocenters. The van der Waals surface area contributed by atoms with Crippen LogP contribution in [0.15, 0.2) is 18.2 Å². The number of unbranched alkanes of at least 4 members (excludes halogenated alkanes) is 1. The van der Waals surface area contributed by atoms with E-state index in [4.69, 9.17) is 17.3 Å². The van der Waals surface area contributed by atoms with Crippen LogP contribution in [-0.4, -0.2) is 5.91 Å². The van der Waals surface area contributed by atoms with Gasteiger partial charge in [-0.05, 0) is 49.8 Å². The summed E-state index contributed by atoms with van der Waals surface area (Å²) in [6.07, 6.45) is 8.22. The SMILES string of the molecule is CCCCC1CCC(C(=O)Nc2ccc(N)cc2Cl)CC1. The zero-order valence-electron chi connectivity index (χ0n) is 12.7. The summed E-state index contributed by atoms with van der Waals surface area (Å²) in [5, 5.41) is 3.44. The second-order valence-electron chi connectivity index (χ2n) is 6.09. The highest BCUT2D eigenvalue weighted by Crippen LogP contribution is 2.33. The van der Waals surface area contributed by atoms with E-state index in [1.165, 1.54) is 32.1 Å². The van der Waals surface area contributed by atoms with Crippen molar-refractivity contribution in [2.24, 2.45) is 11.8 Å². The molecule has 1 fully saturated rings. The van der Waals surface area contributed by atoms with Crippen molar-refractivity contribution in [1.82, 2.24) is 0 Å². The summed E-state index contributed by atoms with van der Waals surface area (Å²) in [6, 6.07) is 5.18. The Labute approximate surface area is 132 Å². The lowest BCUT2D eigenvalue weighted by Crippen LogP contribution is -2.27. The van der Waals surface area contributed by atoms with E-state index in [1.54, 1.807) is 18.2 Å². The Hall–Kier alpha value is -1.22. The van der Waals surface area contributed by atoms with E-state index in [0.29, 0.717) is 16.4 Å². The molecule has 0 spiro atoms. The number of nitrogen functional groups attached to an aromatic ring is 1. The van der Waals surface area contributed by atoms with Gasteiger partial charge in [0.2, 0.25) is 5.91 Å². The lowest BCUT2D eigenvalue weighted by Gasteiger charge is -2.27. The van der Waals surface area contributed by atoms with E-state index < -0.39 is 0 Å². The normalized spacial score (nSPS) is 22.0. The Morgan fingerprint density at radius 3 is 2.67 bits per heavy atom. The minimum Gasteiger partial charge on any atom is -0.399 e. The molecule has 3 N–H and O–H groups in total. The van der Waals surface area contributed by atoms with E-state index in [1.807, 2.05) is 0 Å². The molecule has 0 atom stereocenters. The van der Waals surface area contributed by atoms with Gasteiger partial charge in [0.05, 0.1) is 10.7 Å². The van der Waals surface area contributed by atoms with Crippen molar-refractivity contribution in [1.29, 1.82) is 0 Å². The number of nitrogens with one attached hydrogen (secondary N) is 1. The van der Waals surface area contributed by atoms with Crippen molar-refractivity contribution < 1.29 is 4.79 Å². The molecular weight excluding hydrogens is 284 g/mol. The quantitative estimate of drug-likeness (QED) is 0.763. The third-order valence-electron chi connectivity index (χ3n) is 4.43. The van der Waals surface area contributed by atoms with Crippen LogP contribution in [-0.2, 0) is 4.79 Å². The topological polar surface area (TPSA) is 55.1 Å². The molecule has 0 aliphatic heterocycles. The van der Waals surface area contributed by atoms with Gasteiger partial charge in [-0.2, -0.15) is 0 Å². The van der Waals surface area contributed by atoms with Crippen LogP contribution in [0.2, 0.25) is 5.02 Å². The fraction of sp³-hybridized carbons (Fsp3) is 0.588. The van der Waals surface area contributed by atoms with Crippen LogP contribution in [0.3, 0.4) is 0 Å². The summed E-state index contributed by atoms with van der Waals surface area (Å²) in [6.45, 7) is 2.23. The van der Waals surface area contributed by atoms with Crippen LogP contribution in [0.4, 0.5) is 11.4 Å². The van der Waals surface area contributed by atoms with Crippen LogP contribution in [0.1, 0.15) is 51.9 Å². The second kappa shape index (κ2) is 7.69. The number of anilines is 2. The number of nitrogens with two attached hydrogens (primary N) is 1. The number of benzene rings is 1. The predicted molar refractivity (Wildman–Crippen MR) is 89.5 cm³/mol. The van der Waals surface area contributed by atoms with Crippen molar-refractivity contribution in [3.63, 3.8) is 0 Å². The van der Waals surface area contributed by atoms with Gasteiger partial charge in [0.1, 0.15) is 0 Å². The molecule has 0 heterocycles. The molecule has 1 aromatic rings. The second-order valence-corrected chi connectivity index (χ2v) is 6.50. The van der Waals surface area contributed by atoms with Crippen molar-refractivity contribution >= 4 is 28.9 Å². The number of hydrogen-bond donors (Lipinski definition) is 2. The zero-order valence-corrected chi connectivity index (χ0v) is 13.5. The van der Waals surface area contributed by atoms with E-state index in [9.17, 15) is 4.79 Å². The maximum atomic E-state index is 12.3. The number of hydrogen-bond acceptors (Lipinski definition) is 2. The van der Waals surface area contributed by atoms with Crippen molar-refractivity contribution in [3.8, 4) is 0 Å². The average molecular weight is 309 g/mol. The molecule has 1 saturated carbocycles. The van der Waals surface area contributed by atoms with Gasteiger partial charge < -0.3 is 11.1 Å². The van der Waals surface area contributed by atoms with Crippen molar-refractivity contribution in [2.75, 3.05) is 11.1 Å². The third-order valence-corrected chi connectivity index (χ3v) is 4.75. The van der Waals surface area contributed by atoms with Gasteiger partial charge in [-0.1, -0.05) is 37.8 Å². The average Bonchev–Trinajstić information content (AvgIpc) is 2.48. The number of halogens is 1. The van der Waals surface area contributed by atoms with Gasteiger partial charge in [-0.3, -0.25) is 4.79 Å². The van der Waals surface area contributed by atoms with E-state index in [0.717, 1.165) is 18.8 Å². The fourth-order valence-corrected chi connectivity index (χ4v) is 3.31. The molecule has 1 aromatic carbocycles. The summed E-state index contributed by atoms with van der Waals surface area (Å²) in [4.78, 5) is 12.3. The monoisotopic (exact) mass is 308 g/mol. The molecule has 116 valence electrons. The number of carbonyl (C=O) groups excluding carboxylic acids is 1. The van der Waals surface area contributed by atoms with Crippen LogP contribution in [0.25, 0.3) is 0 Å². The maximum Gasteiger partial charge on any atom is 0.227 e. The molecule has 21 heavy (non-hydrogen) atoms. The van der Waals surface area contributed by atoms with E-state index >= 15 is 0 Å². The van der Waals surface area contributed by atoms with Gasteiger partial charge in [-0.25, -0.2) is 0 Å². The lowest BCUT2D eigenvalue weighted by molar-refractivity contribution is -0.121. The van der Waals surface area contributed by atoms with E-state index in [2.05, 4.69) is 12.2 Å². The van der Waals surface area contributed by atoms with Crippen LogP contribution >= 0.6 is 11.6 Å². The fourth-order valence-electron chi connectivity index (χ4n) is 3.07. The molecule has 0 radical (unpaired) electrons. The molecule has 1 aliphatic carbocycles. The van der Waals surface area contributed by atoms with Crippen LogP contribution in [0, 0.1) is 11.8 Å². The lowest BCUT2D eigenvalue weighted by atomic mass is 9.79. The third kappa shape index (κ3) is 4.63. The number of rotatable bonds is 5. The molecule has 0 saturated heterocycles. The minimum absolute atomic E-state index is 0.0932. The highest BCUT2D eigenvalue weighted by Gasteiger charge is 2.26. The Balaban J connectivity index is 1.84. The standard InChI is InChI=1S/C17H25ClN2O/c1-2-3-4-12-5-7-13(8-6-12)17(21)20-16-10-9-14(19)11-15(16)18/h9-13H,2-8,19H2,1H3,(H,20,21). The summed E-state index contributed by atoms with van der Waals surface area (Å²) in [5.74, 6) is 1.03. The summed E-state index contributed by atoms with van der Waals surface area (Å²) in [7, 11) is 0. The Morgan fingerprint density at radius 1 is 1.33 bits per heavy atom. The maximum absolute atomic E-state index is 12.3. The van der Waals surface area contributed by atoms with Gasteiger partial charge in [0, 0.05) is 11.6 Å². The largest absolute Gasteiger partial charge is 0.399 e. The molecule has 2 rings (SSSR count). The highest BCUT2D eigenvalue weighted by atomic mass is 35.5. The molecule has 4 heteroatoms. The minimum atomic E-state index is 0.0932. The first-order valence-corrected chi connectivity index (χ1v) is 8.33. The molecular formula is C17H25ClN2O. The smallest absolute Gasteiger partial charge is 0.227 e. The number of amides is 1. The predicted octanol–water partition coefficient (Wildman–Crippen LogP) is 4.86. The van der Waals surface area contributed by atoms with Crippen LogP contribution < -0.4 is 11.1 Å². The first-order valence-electron chi connectivity index (χ1n) is 7.96. The van der Waals surface area contributed by atoms with Gasteiger partial charge in [0.15, 0.2) is 0 Å². The molecule has 3 nitrogen and oxygen atoms in total. The van der Waals surface area contributed by atoms with E-state index in [-0.39, 0.29) is 11.8 Å². The number of carbonyl (C=O) groups is 1. The Morgan fingerprint density at radius 2 is 2.05 bits per heavy atom. The van der Waals surface area contributed by atoms with Crippen molar-refractivity contribution in [3.05, 3.63) is 23.2 Å². The zero-order chi connectivity index (χ0) is 15.2. The Bertz CT molecular complexity index is 482.